The third-order valence-corrected chi connectivity index (χ3v) is 7.56. The van der Waals surface area contributed by atoms with Crippen molar-refractivity contribution < 1.29 is 13.2 Å². The van der Waals surface area contributed by atoms with E-state index in [0.29, 0.717) is 36.9 Å². The summed E-state index contributed by atoms with van der Waals surface area (Å²) in [6.07, 6.45) is 0. The predicted molar refractivity (Wildman–Crippen MR) is 126 cm³/mol. The SMILES string of the molecule is O=C(Nc1ccc(Cl)cc1)c1cccc(S(=O)(=O)N2CCN(Cc3ccccc3)CC2)c1. The summed E-state index contributed by atoms with van der Waals surface area (Å²) in [4.78, 5) is 15.0. The van der Waals surface area contributed by atoms with Crippen molar-refractivity contribution in [2.24, 2.45) is 0 Å². The van der Waals surface area contributed by atoms with Crippen molar-refractivity contribution in [2.75, 3.05) is 31.5 Å². The van der Waals surface area contributed by atoms with Gasteiger partial charge in [-0.15, -0.1) is 0 Å². The number of carbonyl (C=O) groups is 1. The first-order valence-corrected chi connectivity index (χ1v) is 12.2. The molecule has 1 heterocycles. The predicted octanol–water partition coefficient (Wildman–Crippen LogP) is 4.10. The lowest BCUT2D eigenvalue weighted by molar-refractivity contribution is 0.102. The van der Waals surface area contributed by atoms with Gasteiger partial charge in [0.15, 0.2) is 0 Å². The second-order valence-corrected chi connectivity index (χ2v) is 10.0. The van der Waals surface area contributed by atoms with Gasteiger partial charge in [-0.3, -0.25) is 9.69 Å². The van der Waals surface area contributed by atoms with Crippen molar-refractivity contribution in [1.29, 1.82) is 0 Å². The number of benzene rings is 3. The molecule has 1 amide bonds. The van der Waals surface area contributed by atoms with Crippen LogP contribution in [0.4, 0.5) is 5.69 Å². The summed E-state index contributed by atoms with van der Waals surface area (Å²) in [7, 11) is -3.68. The summed E-state index contributed by atoms with van der Waals surface area (Å²) in [5.41, 5.74) is 2.08. The zero-order chi connectivity index (χ0) is 22.6. The summed E-state index contributed by atoms with van der Waals surface area (Å²) in [5, 5.41) is 3.33. The molecular weight excluding hydrogens is 446 g/mol. The Hall–Kier alpha value is -2.71. The van der Waals surface area contributed by atoms with Crippen LogP contribution in [0.1, 0.15) is 15.9 Å². The number of piperazine rings is 1. The highest BCUT2D eigenvalue weighted by Crippen LogP contribution is 2.21. The van der Waals surface area contributed by atoms with E-state index in [1.807, 2.05) is 18.2 Å². The number of halogens is 1. The first kappa shape index (κ1) is 22.5. The summed E-state index contributed by atoms with van der Waals surface area (Å²) in [5.74, 6) is -0.378. The summed E-state index contributed by atoms with van der Waals surface area (Å²) in [6.45, 7) is 2.94. The molecule has 1 fully saturated rings. The highest BCUT2D eigenvalue weighted by molar-refractivity contribution is 7.89. The van der Waals surface area contributed by atoms with E-state index in [0.717, 1.165) is 6.54 Å². The average Bonchev–Trinajstić information content (AvgIpc) is 2.82. The highest BCUT2D eigenvalue weighted by Gasteiger charge is 2.29. The van der Waals surface area contributed by atoms with Gasteiger partial charge >= 0.3 is 0 Å². The molecule has 0 aliphatic carbocycles. The van der Waals surface area contributed by atoms with Crippen molar-refractivity contribution in [1.82, 2.24) is 9.21 Å². The van der Waals surface area contributed by atoms with Crippen LogP contribution in [0, 0.1) is 0 Å². The fraction of sp³-hybridized carbons (Fsp3) is 0.208. The summed E-state index contributed by atoms with van der Waals surface area (Å²) in [6, 6.07) is 23.0. The lowest BCUT2D eigenvalue weighted by Gasteiger charge is -2.34. The van der Waals surface area contributed by atoms with E-state index in [-0.39, 0.29) is 16.4 Å². The number of rotatable bonds is 6. The number of sulfonamides is 1. The maximum atomic E-state index is 13.2. The Labute approximate surface area is 193 Å². The smallest absolute Gasteiger partial charge is 0.255 e. The highest BCUT2D eigenvalue weighted by atomic mass is 35.5. The lowest BCUT2D eigenvalue weighted by atomic mass is 10.2. The Morgan fingerprint density at radius 2 is 1.56 bits per heavy atom. The van der Waals surface area contributed by atoms with Crippen LogP contribution in [-0.2, 0) is 16.6 Å². The second-order valence-electron chi connectivity index (χ2n) is 7.65. The standard InChI is InChI=1S/C24H24ClN3O3S/c25-21-9-11-22(12-10-21)26-24(29)20-7-4-8-23(17-20)32(30,31)28-15-13-27(14-16-28)18-19-5-2-1-3-6-19/h1-12,17H,13-16,18H2,(H,26,29). The first-order valence-electron chi connectivity index (χ1n) is 10.4. The number of hydrogen-bond donors (Lipinski definition) is 1. The number of nitrogens with one attached hydrogen (secondary N) is 1. The van der Waals surface area contributed by atoms with Crippen molar-refractivity contribution >= 4 is 33.2 Å². The molecule has 32 heavy (non-hydrogen) atoms. The summed E-state index contributed by atoms with van der Waals surface area (Å²) < 4.78 is 27.9. The van der Waals surface area contributed by atoms with Gasteiger partial charge in [0, 0.05) is 49.0 Å². The van der Waals surface area contributed by atoms with Gasteiger partial charge in [-0.05, 0) is 48.0 Å². The van der Waals surface area contributed by atoms with Crippen LogP contribution in [-0.4, -0.2) is 49.7 Å². The van der Waals surface area contributed by atoms with Gasteiger partial charge in [0.05, 0.1) is 4.90 Å². The minimum absolute atomic E-state index is 0.123. The average molecular weight is 470 g/mol. The molecule has 0 unspecified atom stereocenters. The van der Waals surface area contributed by atoms with Crippen LogP contribution in [0.15, 0.2) is 83.8 Å². The fourth-order valence-electron chi connectivity index (χ4n) is 3.65. The largest absolute Gasteiger partial charge is 0.322 e. The molecule has 6 nitrogen and oxygen atoms in total. The topological polar surface area (TPSA) is 69.7 Å². The molecule has 4 rings (SSSR count). The van der Waals surface area contributed by atoms with Gasteiger partial charge in [-0.2, -0.15) is 4.31 Å². The van der Waals surface area contributed by atoms with E-state index >= 15 is 0 Å². The summed E-state index contributed by atoms with van der Waals surface area (Å²) >= 11 is 5.87. The van der Waals surface area contributed by atoms with E-state index in [2.05, 4.69) is 22.3 Å². The Kier molecular flexibility index (Phi) is 6.91. The molecule has 0 spiro atoms. The van der Waals surface area contributed by atoms with Gasteiger partial charge in [0.2, 0.25) is 10.0 Å². The third-order valence-electron chi connectivity index (χ3n) is 5.42. The number of anilines is 1. The Morgan fingerprint density at radius 3 is 2.25 bits per heavy atom. The van der Waals surface area contributed by atoms with Crippen molar-refractivity contribution in [3.05, 3.63) is 95.0 Å². The number of nitrogens with zero attached hydrogens (tertiary/aromatic N) is 2. The molecule has 3 aromatic carbocycles. The van der Waals surface area contributed by atoms with Crippen LogP contribution >= 0.6 is 11.6 Å². The molecule has 1 aliphatic heterocycles. The maximum Gasteiger partial charge on any atom is 0.255 e. The first-order chi connectivity index (χ1) is 15.4. The van der Waals surface area contributed by atoms with Gasteiger partial charge in [0.25, 0.3) is 5.91 Å². The Morgan fingerprint density at radius 1 is 0.875 bits per heavy atom. The molecule has 1 aliphatic rings. The Bertz CT molecular complexity index is 1180. The molecule has 0 saturated carbocycles. The number of carbonyl (C=O) groups excluding carboxylic acids is 1. The van der Waals surface area contributed by atoms with E-state index < -0.39 is 10.0 Å². The lowest BCUT2D eigenvalue weighted by Crippen LogP contribution is -2.48. The van der Waals surface area contributed by atoms with E-state index in [4.69, 9.17) is 11.6 Å². The van der Waals surface area contributed by atoms with E-state index in [1.165, 1.54) is 22.0 Å². The fourth-order valence-corrected chi connectivity index (χ4v) is 5.25. The molecule has 1 N–H and O–H groups in total. The van der Waals surface area contributed by atoms with Gasteiger partial charge in [0.1, 0.15) is 0 Å². The van der Waals surface area contributed by atoms with Crippen LogP contribution in [0.2, 0.25) is 5.02 Å². The molecule has 0 bridgehead atoms. The van der Waals surface area contributed by atoms with E-state index in [1.54, 1.807) is 36.4 Å². The number of hydrogen-bond acceptors (Lipinski definition) is 4. The second kappa shape index (κ2) is 9.83. The molecule has 8 heteroatoms. The van der Waals surface area contributed by atoms with Crippen LogP contribution in [0.3, 0.4) is 0 Å². The van der Waals surface area contributed by atoms with Gasteiger partial charge in [-0.1, -0.05) is 48.0 Å². The van der Waals surface area contributed by atoms with Gasteiger partial charge < -0.3 is 5.32 Å². The van der Waals surface area contributed by atoms with Crippen LogP contribution in [0.25, 0.3) is 0 Å². The van der Waals surface area contributed by atoms with Crippen LogP contribution < -0.4 is 5.32 Å². The molecule has 166 valence electrons. The minimum atomic E-state index is -3.68. The molecule has 1 saturated heterocycles. The van der Waals surface area contributed by atoms with Crippen molar-refractivity contribution in [3.63, 3.8) is 0 Å². The normalized spacial score (nSPS) is 15.4. The quantitative estimate of drug-likeness (QED) is 0.590. The third kappa shape index (κ3) is 5.37. The Balaban J connectivity index is 1.41. The molecule has 3 aromatic rings. The monoisotopic (exact) mass is 469 g/mol. The van der Waals surface area contributed by atoms with Crippen LogP contribution in [0.5, 0.6) is 0 Å². The zero-order valence-electron chi connectivity index (χ0n) is 17.4. The minimum Gasteiger partial charge on any atom is -0.322 e. The zero-order valence-corrected chi connectivity index (χ0v) is 19.0. The molecular formula is C24H24ClN3O3S. The maximum absolute atomic E-state index is 13.2. The van der Waals surface area contributed by atoms with E-state index in [9.17, 15) is 13.2 Å². The van der Waals surface area contributed by atoms with Crippen molar-refractivity contribution in [2.45, 2.75) is 11.4 Å². The molecule has 0 aromatic heterocycles. The molecule has 0 atom stereocenters. The molecule has 0 radical (unpaired) electrons. The number of amides is 1. The van der Waals surface area contributed by atoms with Crippen molar-refractivity contribution in [3.8, 4) is 0 Å². The van der Waals surface area contributed by atoms with Gasteiger partial charge in [-0.25, -0.2) is 8.42 Å².